The van der Waals surface area contributed by atoms with Crippen molar-refractivity contribution >= 4 is 98.2 Å². The zero-order valence-electron chi connectivity index (χ0n) is 39.0. The number of anilines is 1. The first-order valence-electron chi connectivity index (χ1n) is 21.3. The molecular weight excluding hydrogens is 1030 g/mol. The van der Waals surface area contributed by atoms with Crippen molar-refractivity contribution in [1.82, 2.24) is 45.8 Å². The lowest BCUT2D eigenvalue weighted by Gasteiger charge is -2.22. The lowest BCUT2D eigenvalue weighted by Crippen LogP contribution is -2.56. The van der Waals surface area contributed by atoms with Gasteiger partial charge in [0.15, 0.2) is 5.95 Å². The first kappa shape index (κ1) is 58.6. The maximum Gasteiger partial charge on any atom is 0.323 e. The Morgan fingerprint density at radius 3 is 2.17 bits per heavy atom. The van der Waals surface area contributed by atoms with Crippen molar-refractivity contribution in [1.29, 1.82) is 0 Å². The number of carboxylic acids is 1. The molecule has 0 fully saturated rings. The summed E-state index contributed by atoms with van der Waals surface area (Å²) in [5.74, 6) is -4.57. The molecule has 5 amide bonds. The van der Waals surface area contributed by atoms with Crippen molar-refractivity contribution in [3.05, 3.63) is 81.4 Å². The van der Waals surface area contributed by atoms with E-state index in [9.17, 15) is 47.1 Å². The van der Waals surface area contributed by atoms with Crippen LogP contribution in [0.15, 0.2) is 58.6 Å². The van der Waals surface area contributed by atoms with Gasteiger partial charge in [-0.25, -0.2) is 23.9 Å². The fourth-order valence-corrected chi connectivity index (χ4v) is 9.67. The number of H-pyrrole nitrogens is 1. The van der Waals surface area contributed by atoms with Crippen molar-refractivity contribution in [2.45, 2.75) is 56.3 Å². The average molecular weight is 1090 g/mol. The number of carbonyl (C=O) groups excluding carboxylic acids is 5. The molecule has 3 atom stereocenters. The smallest absolute Gasteiger partial charge is 0.323 e. The fourth-order valence-electron chi connectivity index (χ4n) is 6.74. The number of aryl methyl sites for hydroxylation is 3. The predicted molar refractivity (Wildman–Crippen MR) is 263 cm³/mol. The molecule has 4 rings (SSSR count). The van der Waals surface area contributed by atoms with Crippen molar-refractivity contribution < 1.29 is 76.3 Å². The number of rotatable bonds is 32. The number of carbonyl (C=O) groups is 6. The minimum Gasteiger partial charge on any atom is -0.494 e. The minimum atomic E-state index is -4.51. The highest BCUT2D eigenvalue weighted by Crippen LogP contribution is 2.26. The molecule has 11 N–H and O–H groups in total. The van der Waals surface area contributed by atoms with Gasteiger partial charge in [0, 0.05) is 87.7 Å². The van der Waals surface area contributed by atoms with E-state index >= 15 is 0 Å². The number of aromatic nitrogens is 3. The first-order valence-corrected chi connectivity index (χ1v) is 26.0. The van der Waals surface area contributed by atoms with Gasteiger partial charge in [-0.2, -0.15) is 16.5 Å². The third-order valence-corrected chi connectivity index (χ3v) is 13.6. The minimum absolute atomic E-state index is 0.00217. The van der Waals surface area contributed by atoms with E-state index in [4.69, 9.17) is 15.3 Å². The summed E-state index contributed by atoms with van der Waals surface area (Å²) in [6.45, 7) is 2.60. The van der Waals surface area contributed by atoms with E-state index in [0.717, 1.165) is 5.56 Å². The van der Waals surface area contributed by atoms with Crippen LogP contribution < -0.4 is 46.8 Å². The number of pyridine rings is 1. The second-order valence-corrected chi connectivity index (χ2v) is 19.2. The molecule has 0 unspecified atom stereocenters. The summed E-state index contributed by atoms with van der Waals surface area (Å²) in [6.07, 6.45) is 6.47. The standard InChI is InChI=1S/C41H54N10O17S4/c1-23-14-26(64-13-5-6-33(52)42-9-10-43-38(56)30(20-70-67-65-60)49-39(57)31(21-71-68-66-61)48-34(53)22-69-4)15-24(2)36(23)72(62,63)50-29(40(58)59)18-46-37(55)28-19-51(3)32-16-25(7-8-27(32)35(28)54)17-47-41-44-11-12-45-41/h7-8,11-12,14-16,19,29-31,50,60-61H,5-6,9-10,13,17-18,20-22H2,1-4H3,(H,42,52)(H,43,56)(H,46,55)(H,48,53)(H,49,57)(H,58,59)(H2,44,45,47)/t29-,30-,31-/m0/s1. The van der Waals surface area contributed by atoms with E-state index in [1.165, 1.54) is 43.9 Å². The molecule has 27 nitrogen and oxygen atoms in total. The van der Waals surface area contributed by atoms with Gasteiger partial charge >= 0.3 is 5.97 Å². The molecule has 72 heavy (non-hydrogen) atoms. The van der Waals surface area contributed by atoms with E-state index in [2.05, 4.69) is 65.3 Å². The number of benzene rings is 2. The summed E-state index contributed by atoms with van der Waals surface area (Å²) in [5, 5.41) is 49.7. The van der Waals surface area contributed by atoms with Crippen molar-refractivity contribution in [2.75, 3.05) is 55.1 Å². The zero-order chi connectivity index (χ0) is 52.8. The molecule has 2 heterocycles. The molecule has 0 saturated carbocycles. The Morgan fingerprint density at radius 1 is 0.875 bits per heavy atom. The van der Waals surface area contributed by atoms with Gasteiger partial charge in [-0.05, 0) is 67.5 Å². The summed E-state index contributed by atoms with van der Waals surface area (Å²) in [5.41, 5.74) is 0.897. The number of sulfonamides is 1. The molecule has 2 aromatic heterocycles. The van der Waals surface area contributed by atoms with Crippen LogP contribution in [0.5, 0.6) is 5.75 Å². The highest BCUT2D eigenvalue weighted by molar-refractivity contribution is 7.99. The molecule has 2 aromatic carbocycles. The second-order valence-electron chi connectivity index (χ2n) is 15.3. The number of hydrogen-bond donors (Lipinski definition) is 11. The number of aliphatic carboxylic acids is 1. The van der Waals surface area contributed by atoms with Gasteiger partial charge in [0.05, 0.1) is 34.3 Å². The van der Waals surface area contributed by atoms with Crippen LogP contribution in [0.4, 0.5) is 5.95 Å². The molecule has 0 aliphatic heterocycles. The maximum absolute atomic E-state index is 13.6. The molecule has 0 spiro atoms. The van der Waals surface area contributed by atoms with Gasteiger partial charge in [0.1, 0.15) is 29.4 Å². The molecule has 394 valence electrons. The predicted octanol–water partition coefficient (Wildman–Crippen LogP) is 0.515. The monoisotopic (exact) mass is 1090 g/mol. The lowest BCUT2D eigenvalue weighted by molar-refractivity contribution is -0.432. The largest absolute Gasteiger partial charge is 0.494 e. The highest BCUT2D eigenvalue weighted by atomic mass is 32.2. The third-order valence-electron chi connectivity index (χ3n) is 9.97. The van der Waals surface area contributed by atoms with Gasteiger partial charge in [-0.15, -0.1) is 8.67 Å². The first-order chi connectivity index (χ1) is 34.4. The van der Waals surface area contributed by atoms with Crippen LogP contribution in [-0.4, -0.2) is 142 Å². The van der Waals surface area contributed by atoms with E-state index in [0.29, 0.717) is 42.1 Å². The van der Waals surface area contributed by atoms with Crippen LogP contribution in [0.25, 0.3) is 10.9 Å². The van der Waals surface area contributed by atoms with Crippen LogP contribution in [-0.2, 0) is 66.3 Å². The number of imidazole rings is 1. The van der Waals surface area contributed by atoms with Crippen LogP contribution in [0, 0.1) is 13.8 Å². The van der Waals surface area contributed by atoms with Gasteiger partial charge in [-0.3, -0.25) is 33.6 Å². The number of nitrogens with one attached hydrogen (secondary N) is 8. The van der Waals surface area contributed by atoms with Crippen LogP contribution in [0.2, 0.25) is 0 Å². The second kappa shape index (κ2) is 29.5. The molecule has 0 aliphatic rings. The number of thioether (sulfide) groups is 1. The van der Waals surface area contributed by atoms with Crippen LogP contribution in [0.3, 0.4) is 0 Å². The Labute approximate surface area is 424 Å². The number of aromatic amines is 1. The van der Waals surface area contributed by atoms with Crippen LogP contribution >= 0.6 is 35.8 Å². The Hall–Kier alpha value is -6.00. The SMILES string of the molecule is CSCC(=O)N[C@@H](CSOOO)C(=O)N[C@@H](CSOOO)C(=O)NCCNC(=O)CCCOc1cc(C)c(S(=O)(=O)N[C@@H](CNC(=O)c2cn(C)c3cc(CNc4ncc[nH]4)ccc3c2=O)C(=O)O)c(C)c1. The van der Waals surface area contributed by atoms with Crippen molar-refractivity contribution in [3.8, 4) is 5.75 Å². The zero-order valence-corrected chi connectivity index (χ0v) is 42.3. The normalized spacial score (nSPS) is 12.6. The number of ether oxygens (including phenoxy) is 1. The number of nitrogens with zero attached hydrogens (tertiary/aromatic N) is 2. The number of hydrogen-bond acceptors (Lipinski definition) is 21. The molecule has 0 saturated heterocycles. The molecule has 0 bridgehead atoms. The Kier molecular flexibility index (Phi) is 24.0. The van der Waals surface area contributed by atoms with Crippen LogP contribution in [0.1, 0.15) is 39.9 Å². The topological polar surface area (TPSA) is 378 Å². The molecular formula is C41H54N10O17S4. The van der Waals surface area contributed by atoms with E-state index < -0.39 is 75.6 Å². The maximum atomic E-state index is 13.6. The Morgan fingerprint density at radius 2 is 1.54 bits per heavy atom. The van der Waals surface area contributed by atoms with Crippen molar-refractivity contribution in [3.63, 3.8) is 0 Å². The highest BCUT2D eigenvalue weighted by Gasteiger charge is 2.30. The van der Waals surface area contributed by atoms with E-state index in [1.54, 1.807) is 48.5 Å². The molecule has 0 aliphatic carbocycles. The van der Waals surface area contributed by atoms with E-state index in [1.807, 2.05) is 0 Å². The van der Waals surface area contributed by atoms with Crippen molar-refractivity contribution in [2.24, 2.45) is 7.05 Å². The summed E-state index contributed by atoms with van der Waals surface area (Å²) in [4.78, 5) is 96.3. The number of carboxylic acid groups (broad SMARTS) is 1. The number of fused-ring (bicyclic) bond motifs is 1. The molecule has 0 radical (unpaired) electrons. The summed E-state index contributed by atoms with van der Waals surface area (Å²) in [7, 11) is -2.87. The van der Waals surface area contributed by atoms with E-state index in [-0.39, 0.29) is 82.5 Å². The summed E-state index contributed by atoms with van der Waals surface area (Å²) in [6, 6.07) is 3.57. The fraction of sp³-hybridized carbons (Fsp3) is 0.415. The lowest BCUT2D eigenvalue weighted by atomic mass is 10.1. The summed E-state index contributed by atoms with van der Waals surface area (Å²) < 4.78 is 45.3. The number of amides is 5. The summed E-state index contributed by atoms with van der Waals surface area (Å²) >= 11 is 2.17. The molecule has 31 heteroatoms. The Bertz CT molecular complexity index is 2660. The third kappa shape index (κ3) is 18.2. The molecule has 4 aromatic rings. The van der Waals surface area contributed by atoms with Gasteiger partial charge < -0.3 is 51.3 Å². The average Bonchev–Trinajstić information content (AvgIpc) is 3.86. The van der Waals surface area contributed by atoms with Gasteiger partial charge in [-0.1, -0.05) is 16.1 Å². The quantitative estimate of drug-likeness (QED) is 0.0137. The van der Waals surface area contributed by atoms with Gasteiger partial charge in [0.2, 0.25) is 39.1 Å². The van der Waals surface area contributed by atoms with Gasteiger partial charge in [0.25, 0.3) is 5.91 Å². The Balaban J connectivity index is 1.25.